The van der Waals surface area contributed by atoms with E-state index in [1.54, 1.807) is 11.1 Å². The molecule has 1 aromatic carbocycles. The van der Waals surface area contributed by atoms with E-state index in [1.807, 2.05) is 0 Å². The Bertz CT molecular complexity index is 425. The van der Waals surface area contributed by atoms with Crippen LogP contribution in [0.3, 0.4) is 0 Å². The van der Waals surface area contributed by atoms with Crippen molar-refractivity contribution in [3.63, 3.8) is 0 Å². The average molecular weight is 257 g/mol. The molecule has 1 aromatic rings. The van der Waals surface area contributed by atoms with Crippen LogP contribution in [0.2, 0.25) is 0 Å². The Morgan fingerprint density at radius 3 is 2.89 bits per heavy atom. The zero-order valence-corrected chi connectivity index (χ0v) is 12.4. The van der Waals surface area contributed by atoms with Crippen LogP contribution in [0.5, 0.6) is 0 Å². The second-order valence-electron chi connectivity index (χ2n) is 6.31. The summed E-state index contributed by atoms with van der Waals surface area (Å²) in [5, 5.41) is 3.77. The molecule has 0 heterocycles. The van der Waals surface area contributed by atoms with E-state index >= 15 is 0 Å². The number of hydrogen-bond acceptors (Lipinski definition) is 1. The highest BCUT2D eigenvalue weighted by molar-refractivity contribution is 5.40. The number of hydrogen-bond donors (Lipinski definition) is 1. The van der Waals surface area contributed by atoms with Gasteiger partial charge in [0.15, 0.2) is 0 Å². The van der Waals surface area contributed by atoms with E-state index in [0.29, 0.717) is 0 Å². The molecule has 4 unspecified atom stereocenters. The summed E-state index contributed by atoms with van der Waals surface area (Å²) in [6, 6.07) is 9.91. The van der Waals surface area contributed by atoms with Gasteiger partial charge >= 0.3 is 0 Å². The van der Waals surface area contributed by atoms with Gasteiger partial charge in [-0.3, -0.25) is 0 Å². The summed E-state index contributed by atoms with van der Waals surface area (Å²) in [7, 11) is 0. The van der Waals surface area contributed by atoms with Gasteiger partial charge in [-0.25, -0.2) is 0 Å². The van der Waals surface area contributed by atoms with Gasteiger partial charge in [0.2, 0.25) is 0 Å². The highest BCUT2D eigenvalue weighted by Gasteiger charge is 2.55. The molecule has 1 fully saturated rings. The van der Waals surface area contributed by atoms with Crippen molar-refractivity contribution in [1.82, 2.24) is 5.32 Å². The first-order valence-electron chi connectivity index (χ1n) is 8.18. The third kappa shape index (κ3) is 2.45. The van der Waals surface area contributed by atoms with Crippen LogP contribution in [0.15, 0.2) is 24.3 Å². The lowest BCUT2D eigenvalue weighted by molar-refractivity contribution is 0.408. The number of nitrogens with one attached hydrogen (secondary N) is 1. The van der Waals surface area contributed by atoms with Gasteiger partial charge in [-0.1, -0.05) is 51.0 Å². The molecule has 0 spiro atoms. The van der Waals surface area contributed by atoms with Crippen molar-refractivity contribution >= 4 is 0 Å². The quantitative estimate of drug-likeness (QED) is 0.808. The number of unbranched alkanes of at least 4 members (excludes halogenated alkanes) is 1. The highest BCUT2D eigenvalue weighted by atomic mass is 14.9. The normalized spacial score (nSPS) is 29.5. The lowest BCUT2D eigenvalue weighted by atomic mass is 9.92. The predicted molar refractivity (Wildman–Crippen MR) is 81.5 cm³/mol. The maximum atomic E-state index is 3.77. The Hall–Kier alpha value is -0.820. The Labute approximate surface area is 117 Å². The highest BCUT2D eigenvalue weighted by Crippen LogP contribution is 2.61. The van der Waals surface area contributed by atoms with Gasteiger partial charge < -0.3 is 5.32 Å². The third-order valence-electron chi connectivity index (χ3n) is 5.19. The minimum atomic E-state index is 0.756. The second kappa shape index (κ2) is 5.66. The topological polar surface area (TPSA) is 12.0 Å². The van der Waals surface area contributed by atoms with E-state index in [4.69, 9.17) is 0 Å². The Morgan fingerprint density at radius 1 is 1.26 bits per heavy atom. The van der Waals surface area contributed by atoms with E-state index in [2.05, 4.69) is 43.4 Å². The molecule has 1 N–H and O–H groups in total. The lowest BCUT2D eigenvalue weighted by Gasteiger charge is -2.18. The summed E-state index contributed by atoms with van der Waals surface area (Å²) in [6.07, 6.45) is 6.78. The van der Waals surface area contributed by atoms with Crippen molar-refractivity contribution in [1.29, 1.82) is 0 Å². The molecule has 104 valence electrons. The van der Waals surface area contributed by atoms with Gasteiger partial charge in [0.1, 0.15) is 0 Å². The fourth-order valence-corrected chi connectivity index (χ4v) is 4.29. The molecule has 2 aliphatic carbocycles. The SMILES string of the molecule is CCCCC(NCC)C1C2CCc3ccccc3C21. The predicted octanol–water partition coefficient (Wildman–Crippen LogP) is 4.13. The van der Waals surface area contributed by atoms with Crippen molar-refractivity contribution in [2.24, 2.45) is 11.8 Å². The van der Waals surface area contributed by atoms with Gasteiger partial charge in [0.05, 0.1) is 0 Å². The summed E-state index contributed by atoms with van der Waals surface area (Å²) < 4.78 is 0. The van der Waals surface area contributed by atoms with Crippen molar-refractivity contribution in [2.75, 3.05) is 6.54 Å². The van der Waals surface area contributed by atoms with Crippen LogP contribution in [0.25, 0.3) is 0 Å². The lowest BCUT2D eigenvalue weighted by Crippen LogP contribution is -2.31. The molecule has 2 aliphatic rings. The van der Waals surface area contributed by atoms with Crippen molar-refractivity contribution in [2.45, 2.75) is 57.9 Å². The monoisotopic (exact) mass is 257 g/mol. The van der Waals surface area contributed by atoms with Crippen LogP contribution in [-0.4, -0.2) is 12.6 Å². The zero-order chi connectivity index (χ0) is 13.2. The zero-order valence-electron chi connectivity index (χ0n) is 12.4. The standard InChI is InChI=1S/C18H27N/c1-3-5-10-16(19-4-2)18-15-12-11-13-8-6-7-9-14(13)17(15)18/h6-9,15-19H,3-5,10-12H2,1-2H3. The van der Waals surface area contributed by atoms with E-state index in [-0.39, 0.29) is 0 Å². The van der Waals surface area contributed by atoms with Gasteiger partial charge in [-0.05, 0) is 54.7 Å². The minimum absolute atomic E-state index is 0.756. The molecule has 0 amide bonds. The van der Waals surface area contributed by atoms with Crippen LogP contribution in [-0.2, 0) is 6.42 Å². The Morgan fingerprint density at radius 2 is 2.11 bits per heavy atom. The summed E-state index contributed by atoms with van der Waals surface area (Å²) in [5.41, 5.74) is 3.29. The molecule has 0 radical (unpaired) electrons. The van der Waals surface area contributed by atoms with E-state index < -0.39 is 0 Å². The van der Waals surface area contributed by atoms with Crippen LogP contribution in [0.1, 0.15) is 56.6 Å². The molecule has 19 heavy (non-hydrogen) atoms. The molecule has 0 aromatic heterocycles. The van der Waals surface area contributed by atoms with Gasteiger partial charge in [-0.15, -0.1) is 0 Å². The van der Waals surface area contributed by atoms with Crippen molar-refractivity contribution in [3.05, 3.63) is 35.4 Å². The number of benzene rings is 1. The summed E-state index contributed by atoms with van der Waals surface area (Å²) in [6.45, 7) is 5.67. The molecule has 4 atom stereocenters. The van der Waals surface area contributed by atoms with Gasteiger partial charge in [0, 0.05) is 6.04 Å². The summed E-state index contributed by atoms with van der Waals surface area (Å²) in [4.78, 5) is 0. The largest absolute Gasteiger partial charge is 0.314 e. The smallest absolute Gasteiger partial charge is 0.0104 e. The molecule has 1 heteroatoms. The first-order valence-corrected chi connectivity index (χ1v) is 8.18. The van der Waals surface area contributed by atoms with E-state index in [0.717, 1.165) is 30.3 Å². The van der Waals surface area contributed by atoms with Crippen LogP contribution in [0, 0.1) is 11.8 Å². The van der Waals surface area contributed by atoms with E-state index in [9.17, 15) is 0 Å². The molecule has 0 aliphatic heterocycles. The third-order valence-corrected chi connectivity index (χ3v) is 5.19. The summed E-state index contributed by atoms with van der Waals surface area (Å²) >= 11 is 0. The second-order valence-corrected chi connectivity index (χ2v) is 6.31. The molecule has 1 nitrogen and oxygen atoms in total. The molecule has 0 saturated heterocycles. The Kier molecular flexibility index (Phi) is 3.93. The number of fused-ring (bicyclic) bond motifs is 3. The summed E-state index contributed by atoms with van der Waals surface area (Å²) in [5.74, 6) is 2.75. The van der Waals surface area contributed by atoms with Gasteiger partial charge in [0.25, 0.3) is 0 Å². The maximum Gasteiger partial charge on any atom is 0.0104 e. The Balaban J connectivity index is 1.74. The van der Waals surface area contributed by atoms with Crippen LogP contribution < -0.4 is 5.32 Å². The van der Waals surface area contributed by atoms with Gasteiger partial charge in [-0.2, -0.15) is 0 Å². The molecular weight excluding hydrogens is 230 g/mol. The fraction of sp³-hybridized carbons (Fsp3) is 0.667. The van der Waals surface area contributed by atoms with Crippen molar-refractivity contribution < 1.29 is 0 Å². The minimum Gasteiger partial charge on any atom is -0.314 e. The molecule has 0 bridgehead atoms. The number of rotatable bonds is 6. The molecule has 3 rings (SSSR count). The van der Waals surface area contributed by atoms with Crippen LogP contribution in [0.4, 0.5) is 0 Å². The fourth-order valence-electron chi connectivity index (χ4n) is 4.29. The number of aryl methyl sites for hydroxylation is 1. The van der Waals surface area contributed by atoms with Crippen LogP contribution >= 0.6 is 0 Å². The first kappa shape index (κ1) is 13.2. The maximum absolute atomic E-state index is 3.77. The average Bonchev–Trinajstić information content (AvgIpc) is 3.18. The molecule has 1 saturated carbocycles. The molecular formula is C18H27N. The first-order chi connectivity index (χ1) is 9.36. The van der Waals surface area contributed by atoms with Crippen molar-refractivity contribution in [3.8, 4) is 0 Å². The van der Waals surface area contributed by atoms with E-state index in [1.165, 1.54) is 32.1 Å².